The van der Waals surface area contributed by atoms with E-state index in [1.807, 2.05) is 6.07 Å². The van der Waals surface area contributed by atoms with Gasteiger partial charge >= 0.3 is 6.03 Å². The van der Waals surface area contributed by atoms with Crippen LogP contribution >= 0.6 is 0 Å². The van der Waals surface area contributed by atoms with E-state index in [-0.39, 0.29) is 18.7 Å². The number of alkyl halides is 1. The predicted octanol–water partition coefficient (Wildman–Crippen LogP) is 1.93. The number of fused-ring (bicyclic) bond motifs is 1. The zero-order valence-corrected chi connectivity index (χ0v) is 17.6. The van der Waals surface area contributed by atoms with Gasteiger partial charge in [-0.25, -0.2) is 9.18 Å². The SMILES string of the molecule is COc1ccc2c(c1)[C@]13CCN(CC4CC4)[C@H]([C@@H]2F)[C@]1(O)CC[C@@]1(C3)NC(=O)NC1=O. The second-order valence-electron chi connectivity index (χ2n) is 10.2. The number of urea groups is 1. The highest BCUT2D eigenvalue weighted by Crippen LogP contribution is 2.63. The summed E-state index contributed by atoms with van der Waals surface area (Å²) in [4.78, 5) is 27.0. The summed E-state index contributed by atoms with van der Waals surface area (Å²) in [7, 11) is 1.56. The van der Waals surface area contributed by atoms with Gasteiger partial charge in [0, 0.05) is 12.0 Å². The van der Waals surface area contributed by atoms with Gasteiger partial charge in [0.1, 0.15) is 17.5 Å². The smallest absolute Gasteiger partial charge is 0.322 e. The van der Waals surface area contributed by atoms with Crippen molar-refractivity contribution in [3.63, 3.8) is 0 Å². The Balaban J connectivity index is 1.53. The average molecular weight is 429 g/mol. The van der Waals surface area contributed by atoms with Crippen LogP contribution in [0, 0.1) is 5.92 Å². The number of imide groups is 1. The second-order valence-corrected chi connectivity index (χ2v) is 10.2. The summed E-state index contributed by atoms with van der Waals surface area (Å²) >= 11 is 0. The third-order valence-corrected chi connectivity index (χ3v) is 8.63. The summed E-state index contributed by atoms with van der Waals surface area (Å²) in [6, 6.07) is 4.20. The van der Waals surface area contributed by atoms with Crippen LogP contribution in [0.5, 0.6) is 5.75 Å². The number of hydrogen-bond acceptors (Lipinski definition) is 5. The molecule has 3 amide bonds. The highest BCUT2D eigenvalue weighted by molar-refractivity contribution is 6.07. The number of carbonyl (C=O) groups is 2. The van der Waals surface area contributed by atoms with Gasteiger partial charge < -0.3 is 15.2 Å². The number of nitrogens with one attached hydrogen (secondary N) is 2. The molecule has 5 aliphatic rings. The predicted molar refractivity (Wildman–Crippen MR) is 109 cm³/mol. The number of rotatable bonds is 3. The van der Waals surface area contributed by atoms with Gasteiger partial charge in [0.25, 0.3) is 5.91 Å². The van der Waals surface area contributed by atoms with Crippen molar-refractivity contribution in [2.45, 2.75) is 67.3 Å². The average Bonchev–Trinajstić information content (AvgIpc) is 3.51. The number of likely N-dealkylation sites (tertiary alicyclic amines) is 1. The number of ether oxygens (including phenoxy) is 1. The lowest BCUT2D eigenvalue weighted by Crippen LogP contribution is -2.76. The fraction of sp³-hybridized carbons (Fsp3) is 0.652. The number of amides is 3. The monoisotopic (exact) mass is 429 g/mol. The summed E-state index contributed by atoms with van der Waals surface area (Å²) in [5.41, 5.74) is -1.94. The van der Waals surface area contributed by atoms with Crippen molar-refractivity contribution < 1.29 is 23.8 Å². The fourth-order valence-electron chi connectivity index (χ4n) is 6.95. The summed E-state index contributed by atoms with van der Waals surface area (Å²) in [5.74, 6) is 0.828. The first-order valence-electron chi connectivity index (χ1n) is 11.2. The number of aliphatic hydroxyl groups is 1. The maximum Gasteiger partial charge on any atom is 0.322 e. The first-order chi connectivity index (χ1) is 14.8. The molecule has 6 rings (SSSR count). The molecule has 7 nitrogen and oxygen atoms in total. The Morgan fingerprint density at radius 3 is 2.74 bits per heavy atom. The van der Waals surface area contributed by atoms with Gasteiger partial charge in [0.2, 0.25) is 0 Å². The van der Waals surface area contributed by atoms with Crippen LogP contribution in [0.15, 0.2) is 18.2 Å². The zero-order valence-electron chi connectivity index (χ0n) is 17.6. The molecule has 166 valence electrons. The zero-order chi connectivity index (χ0) is 21.6. The highest BCUT2D eigenvalue weighted by Gasteiger charge is 2.71. The van der Waals surface area contributed by atoms with Gasteiger partial charge in [0.05, 0.1) is 18.8 Å². The molecular formula is C23H28FN3O4. The molecule has 1 spiro atoms. The van der Waals surface area contributed by atoms with Crippen LogP contribution < -0.4 is 15.4 Å². The maximum atomic E-state index is 16.1. The van der Waals surface area contributed by atoms with Gasteiger partial charge in [-0.1, -0.05) is 6.07 Å². The van der Waals surface area contributed by atoms with Crippen LogP contribution in [0.1, 0.15) is 55.8 Å². The topological polar surface area (TPSA) is 90.9 Å². The molecule has 5 atom stereocenters. The molecule has 31 heavy (non-hydrogen) atoms. The number of halogens is 1. The Labute approximate surface area is 180 Å². The van der Waals surface area contributed by atoms with E-state index in [1.165, 1.54) is 0 Å². The van der Waals surface area contributed by atoms with Gasteiger partial charge in [-0.05, 0) is 74.2 Å². The van der Waals surface area contributed by atoms with Crippen LogP contribution in [-0.2, 0) is 10.2 Å². The van der Waals surface area contributed by atoms with Crippen molar-refractivity contribution in [3.05, 3.63) is 29.3 Å². The van der Waals surface area contributed by atoms with Crippen molar-refractivity contribution in [3.8, 4) is 5.75 Å². The Bertz CT molecular complexity index is 984. The Hall–Kier alpha value is -2.19. The molecule has 2 bridgehead atoms. The van der Waals surface area contributed by atoms with Crippen LogP contribution in [0.3, 0.4) is 0 Å². The first kappa shape index (κ1) is 19.5. The molecule has 2 saturated heterocycles. The Morgan fingerprint density at radius 2 is 2.06 bits per heavy atom. The maximum absolute atomic E-state index is 16.1. The van der Waals surface area contributed by atoms with Crippen molar-refractivity contribution in [2.24, 2.45) is 5.92 Å². The van der Waals surface area contributed by atoms with Gasteiger partial charge in [-0.15, -0.1) is 0 Å². The van der Waals surface area contributed by atoms with E-state index in [4.69, 9.17) is 4.74 Å². The first-order valence-corrected chi connectivity index (χ1v) is 11.2. The summed E-state index contributed by atoms with van der Waals surface area (Å²) in [6.45, 7) is 1.46. The van der Waals surface area contributed by atoms with E-state index in [1.54, 1.807) is 19.2 Å². The fourth-order valence-corrected chi connectivity index (χ4v) is 6.95. The Morgan fingerprint density at radius 1 is 1.26 bits per heavy atom. The molecule has 0 unspecified atom stereocenters. The van der Waals surface area contributed by atoms with E-state index in [2.05, 4.69) is 15.5 Å². The minimum Gasteiger partial charge on any atom is -0.497 e. The summed E-state index contributed by atoms with van der Waals surface area (Å²) in [6.07, 6.45) is 2.41. The molecule has 2 aliphatic heterocycles. The number of hydrogen-bond donors (Lipinski definition) is 3. The molecule has 3 N–H and O–H groups in total. The number of benzene rings is 1. The minimum atomic E-state index is -1.32. The van der Waals surface area contributed by atoms with Crippen molar-refractivity contribution in [1.29, 1.82) is 0 Å². The number of carbonyl (C=O) groups excluding carboxylic acids is 2. The molecule has 0 radical (unpaired) electrons. The molecule has 2 heterocycles. The van der Waals surface area contributed by atoms with E-state index in [9.17, 15) is 14.7 Å². The summed E-state index contributed by atoms with van der Waals surface area (Å²) in [5, 5.41) is 17.5. The third kappa shape index (κ3) is 2.46. The van der Waals surface area contributed by atoms with E-state index < -0.39 is 34.8 Å². The molecule has 1 aromatic carbocycles. The molecule has 3 aliphatic carbocycles. The third-order valence-electron chi connectivity index (χ3n) is 8.63. The van der Waals surface area contributed by atoms with Crippen LogP contribution in [0.2, 0.25) is 0 Å². The lowest BCUT2D eigenvalue weighted by Gasteiger charge is -2.66. The molecule has 2 saturated carbocycles. The van der Waals surface area contributed by atoms with Crippen LogP contribution in [0.25, 0.3) is 0 Å². The van der Waals surface area contributed by atoms with Gasteiger partial charge in [-0.3, -0.25) is 15.0 Å². The van der Waals surface area contributed by atoms with E-state index >= 15 is 4.39 Å². The normalized spacial score (nSPS) is 41.4. The van der Waals surface area contributed by atoms with Gasteiger partial charge in [0.15, 0.2) is 0 Å². The van der Waals surface area contributed by atoms with Crippen LogP contribution in [0.4, 0.5) is 9.18 Å². The quantitative estimate of drug-likeness (QED) is 0.639. The largest absolute Gasteiger partial charge is 0.497 e. The number of nitrogens with zero attached hydrogens (tertiary/aromatic N) is 1. The van der Waals surface area contributed by atoms with Crippen molar-refractivity contribution in [2.75, 3.05) is 20.2 Å². The molecule has 8 heteroatoms. The lowest BCUT2D eigenvalue weighted by atomic mass is 9.46. The second kappa shape index (κ2) is 6.19. The minimum absolute atomic E-state index is 0.254. The van der Waals surface area contributed by atoms with Crippen molar-refractivity contribution in [1.82, 2.24) is 15.5 Å². The number of piperidine rings is 1. The molecular weight excluding hydrogens is 401 g/mol. The Kier molecular flexibility index (Phi) is 3.89. The molecule has 4 fully saturated rings. The van der Waals surface area contributed by atoms with E-state index in [0.717, 1.165) is 24.9 Å². The molecule has 1 aromatic rings. The standard InChI is InChI=1S/C23H28FN3O4/c1-31-14-4-5-15-16(10-14)21-8-9-27(11-13-2-3-13)18(17(15)24)23(21,30)7-6-22(12-21)19(28)25-20(29)26-22/h4-5,10,13,17-18,30H,2-3,6-9,11-12H2,1H3,(H2,25,26,28,29)/t17-,18-,21-,22+,23-/m1/s1. The van der Waals surface area contributed by atoms with Crippen LogP contribution in [-0.4, -0.2) is 59.3 Å². The lowest BCUT2D eigenvalue weighted by molar-refractivity contribution is -0.198. The van der Waals surface area contributed by atoms with Crippen molar-refractivity contribution >= 4 is 11.9 Å². The summed E-state index contributed by atoms with van der Waals surface area (Å²) < 4.78 is 21.6. The molecule has 0 aromatic heterocycles. The highest BCUT2D eigenvalue weighted by atomic mass is 19.1. The van der Waals surface area contributed by atoms with Gasteiger partial charge in [-0.2, -0.15) is 0 Å². The number of methoxy groups -OCH3 is 1. The van der Waals surface area contributed by atoms with E-state index in [0.29, 0.717) is 36.6 Å².